The van der Waals surface area contributed by atoms with Gasteiger partial charge in [-0.1, -0.05) is 0 Å². The minimum absolute atomic E-state index is 0.603. The Labute approximate surface area is 136 Å². The van der Waals surface area contributed by atoms with Crippen molar-refractivity contribution >= 4 is 0 Å². The first kappa shape index (κ1) is 15.2. The zero-order chi connectivity index (χ0) is 16.2. The number of rotatable bonds is 4. The van der Waals surface area contributed by atoms with Gasteiger partial charge in [0.05, 0.1) is 29.4 Å². The summed E-state index contributed by atoms with van der Waals surface area (Å²) in [5.41, 5.74) is 5.54. The smallest absolute Gasteiger partial charge is 0.123 e. The second-order valence-corrected chi connectivity index (χ2v) is 5.44. The van der Waals surface area contributed by atoms with E-state index in [1.807, 2.05) is 57.2 Å². The lowest BCUT2D eigenvalue weighted by molar-refractivity contribution is 0.340. The summed E-state index contributed by atoms with van der Waals surface area (Å²) in [6.45, 7) is 6.65. The highest BCUT2D eigenvalue weighted by Gasteiger charge is 2.10. The van der Waals surface area contributed by atoms with E-state index in [0.717, 1.165) is 39.7 Å². The molecule has 0 amide bonds. The molecule has 0 bridgehead atoms. The fraction of sp³-hybridized carbons (Fsp3) is 0.211. The van der Waals surface area contributed by atoms with Crippen molar-refractivity contribution < 1.29 is 4.74 Å². The molecule has 0 radical (unpaired) electrons. The number of ether oxygens (including phenoxy) is 1. The van der Waals surface area contributed by atoms with E-state index >= 15 is 0 Å². The molecule has 116 valence electrons. The zero-order valence-corrected chi connectivity index (χ0v) is 13.6. The summed E-state index contributed by atoms with van der Waals surface area (Å²) < 4.78 is 5.70. The molecular weight excluding hydrogens is 286 g/mol. The number of aromatic nitrogens is 3. The van der Waals surface area contributed by atoms with Crippen molar-refractivity contribution in [2.75, 3.05) is 6.61 Å². The van der Waals surface area contributed by atoms with Crippen molar-refractivity contribution in [3.05, 3.63) is 59.9 Å². The highest BCUT2D eigenvalue weighted by atomic mass is 16.5. The van der Waals surface area contributed by atoms with E-state index in [4.69, 9.17) is 9.72 Å². The monoisotopic (exact) mass is 305 g/mol. The van der Waals surface area contributed by atoms with E-state index in [9.17, 15) is 0 Å². The predicted molar refractivity (Wildman–Crippen MR) is 91.3 cm³/mol. The molecule has 3 rings (SSSR count). The van der Waals surface area contributed by atoms with Crippen LogP contribution in [0.1, 0.15) is 18.1 Å². The van der Waals surface area contributed by atoms with Gasteiger partial charge in [0, 0.05) is 24.5 Å². The van der Waals surface area contributed by atoms with Crippen LogP contribution < -0.4 is 4.74 Å². The quantitative estimate of drug-likeness (QED) is 0.724. The van der Waals surface area contributed by atoms with Crippen LogP contribution in [0.3, 0.4) is 0 Å². The van der Waals surface area contributed by atoms with Gasteiger partial charge in [0.15, 0.2) is 0 Å². The molecule has 0 aromatic carbocycles. The zero-order valence-electron chi connectivity index (χ0n) is 13.6. The third kappa shape index (κ3) is 3.54. The summed E-state index contributed by atoms with van der Waals surface area (Å²) in [6.07, 6.45) is 3.59. The predicted octanol–water partition coefficient (Wildman–Crippen LogP) is 4.22. The van der Waals surface area contributed by atoms with Crippen LogP contribution >= 0.6 is 0 Å². The summed E-state index contributed by atoms with van der Waals surface area (Å²) in [7, 11) is 0. The maximum Gasteiger partial charge on any atom is 0.123 e. The molecular formula is C19H19N3O. The average molecular weight is 305 g/mol. The molecule has 3 heterocycles. The lowest BCUT2D eigenvalue weighted by Gasteiger charge is -2.10. The highest BCUT2D eigenvalue weighted by molar-refractivity contribution is 5.65. The Hall–Kier alpha value is -2.75. The molecule has 0 saturated carbocycles. The molecule has 0 unspecified atom stereocenters. The minimum Gasteiger partial charge on any atom is -0.494 e. The minimum atomic E-state index is 0.603. The van der Waals surface area contributed by atoms with Gasteiger partial charge in [-0.05, 0) is 56.2 Å². The molecule has 4 heteroatoms. The van der Waals surface area contributed by atoms with E-state index in [-0.39, 0.29) is 0 Å². The molecule has 23 heavy (non-hydrogen) atoms. The molecule has 0 atom stereocenters. The van der Waals surface area contributed by atoms with Crippen molar-refractivity contribution in [2.24, 2.45) is 0 Å². The topological polar surface area (TPSA) is 47.9 Å². The van der Waals surface area contributed by atoms with Crippen molar-refractivity contribution in [1.82, 2.24) is 15.0 Å². The Morgan fingerprint density at radius 2 is 1.30 bits per heavy atom. The summed E-state index contributed by atoms with van der Waals surface area (Å²) >= 11 is 0. The highest BCUT2D eigenvalue weighted by Crippen LogP contribution is 2.27. The fourth-order valence-electron chi connectivity index (χ4n) is 2.37. The van der Waals surface area contributed by atoms with Gasteiger partial charge >= 0.3 is 0 Å². The maximum absolute atomic E-state index is 5.70. The Morgan fingerprint density at radius 1 is 0.783 bits per heavy atom. The molecule has 0 aliphatic rings. The Balaban J connectivity index is 2.13. The number of hydrogen-bond donors (Lipinski definition) is 0. The number of hydrogen-bond acceptors (Lipinski definition) is 4. The third-order valence-electron chi connectivity index (χ3n) is 3.47. The largest absolute Gasteiger partial charge is 0.494 e. The maximum atomic E-state index is 5.70. The Bertz CT molecular complexity index is 767. The average Bonchev–Trinajstić information content (AvgIpc) is 2.55. The normalized spacial score (nSPS) is 10.6. The molecule has 4 nitrogen and oxygen atoms in total. The first-order valence-electron chi connectivity index (χ1n) is 7.66. The Morgan fingerprint density at radius 3 is 1.74 bits per heavy atom. The second-order valence-electron chi connectivity index (χ2n) is 5.44. The molecule has 3 aromatic rings. The molecule has 0 aliphatic carbocycles. The summed E-state index contributed by atoms with van der Waals surface area (Å²) in [5.74, 6) is 0.777. The van der Waals surface area contributed by atoms with Crippen molar-refractivity contribution in [3.8, 4) is 28.5 Å². The molecule has 0 spiro atoms. The lowest BCUT2D eigenvalue weighted by atomic mass is 10.1. The van der Waals surface area contributed by atoms with E-state index in [2.05, 4.69) is 9.97 Å². The Kier molecular flexibility index (Phi) is 4.33. The van der Waals surface area contributed by atoms with Crippen LogP contribution in [0.2, 0.25) is 0 Å². The van der Waals surface area contributed by atoms with Gasteiger partial charge in [0.25, 0.3) is 0 Å². The van der Waals surface area contributed by atoms with Gasteiger partial charge in [-0.3, -0.25) is 9.97 Å². The second kappa shape index (κ2) is 6.57. The standard InChI is InChI=1S/C19H19N3O/c1-4-23-15-11-18(16-9-13(2)5-7-20-16)22-19(12-15)17-10-14(3)6-8-21-17/h5-12H,4H2,1-3H3. The summed E-state index contributed by atoms with van der Waals surface area (Å²) in [5, 5.41) is 0. The van der Waals surface area contributed by atoms with Crippen LogP contribution in [-0.2, 0) is 0 Å². The van der Waals surface area contributed by atoms with E-state index in [0.29, 0.717) is 6.61 Å². The lowest BCUT2D eigenvalue weighted by Crippen LogP contribution is -1.97. The van der Waals surface area contributed by atoms with Crippen LogP contribution in [0, 0.1) is 13.8 Å². The molecule has 3 aromatic heterocycles. The molecule has 0 fully saturated rings. The van der Waals surface area contributed by atoms with Gasteiger partial charge < -0.3 is 4.74 Å². The van der Waals surface area contributed by atoms with E-state index in [1.54, 1.807) is 12.4 Å². The van der Waals surface area contributed by atoms with Crippen LogP contribution in [0.25, 0.3) is 22.8 Å². The third-order valence-corrected chi connectivity index (χ3v) is 3.47. The molecule has 0 N–H and O–H groups in total. The van der Waals surface area contributed by atoms with Gasteiger partial charge in [0.2, 0.25) is 0 Å². The summed E-state index contributed by atoms with van der Waals surface area (Å²) in [4.78, 5) is 13.6. The van der Waals surface area contributed by atoms with Crippen LogP contribution in [0.5, 0.6) is 5.75 Å². The number of nitrogens with zero attached hydrogens (tertiary/aromatic N) is 3. The van der Waals surface area contributed by atoms with Crippen LogP contribution in [-0.4, -0.2) is 21.6 Å². The van der Waals surface area contributed by atoms with Gasteiger partial charge in [0.1, 0.15) is 5.75 Å². The first-order valence-corrected chi connectivity index (χ1v) is 7.66. The van der Waals surface area contributed by atoms with Gasteiger partial charge in [-0.2, -0.15) is 0 Å². The van der Waals surface area contributed by atoms with Crippen LogP contribution in [0.4, 0.5) is 0 Å². The molecule has 0 aliphatic heterocycles. The fourth-order valence-corrected chi connectivity index (χ4v) is 2.37. The van der Waals surface area contributed by atoms with Crippen molar-refractivity contribution in [2.45, 2.75) is 20.8 Å². The van der Waals surface area contributed by atoms with Crippen molar-refractivity contribution in [1.29, 1.82) is 0 Å². The molecule has 0 saturated heterocycles. The summed E-state index contributed by atoms with van der Waals surface area (Å²) in [6, 6.07) is 11.8. The number of aryl methyl sites for hydroxylation is 2. The SMILES string of the molecule is CCOc1cc(-c2cc(C)ccn2)nc(-c2cc(C)ccn2)c1. The van der Waals surface area contributed by atoms with Gasteiger partial charge in [-0.15, -0.1) is 0 Å². The van der Waals surface area contributed by atoms with E-state index < -0.39 is 0 Å². The van der Waals surface area contributed by atoms with Crippen molar-refractivity contribution in [3.63, 3.8) is 0 Å². The van der Waals surface area contributed by atoms with Gasteiger partial charge in [-0.25, -0.2) is 4.98 Å². The van der Waals surface area contributed by atoms with Crippen LogP contribution in [0.15, 0.2) is 48.8 Å². The number of pyridine rings is 3. The van der Waals surface area contributed by atoms with E-state index in [1.165, 1.54) is 0 Å². The first-order chi connectivity index (χ1) is 11.2.